The molecular formula is C20H20ClN3O2. The third kappa shape index (κ3) is 3.35. The third-order valence-electron chi connectivity index (χ3n) is 4.08. The first-order valence-electron chi connectivity index (χ1n) is 8.28. The molecule has 6 heteroatoms. The minimum absolute atomic E-state index is 0.155. The molecule has 3 aromatic rings. The number of carbonyl (C=O) groups excluding carboxylic acids is 1. The van der Waals surface area contributed by atoms with Crippen molar-refractivity contribution in [1.82, 2.24) is 9.55 Å². The third-order valence-corrected chi connectivity index (χ3v) is 4.41. The second-order valence-corrected chi connectivity index (χ2v) is 7.59. The molecule has 1 amide bonds. The zero-order valence-electron chi connectivity index (χ0n) is 15.1. The molecule has 0 atom stereocenters. The highest BCUT2D eigenvalue weighted by Gasteiger charge is 2.22. The van der Waals surface area contributed by atoms with Crippen LogP contribution in [0.25, 0.3) is 16.6 Å². The Morgan fingerprint density at radius 2 is 1.85 bits per heavy atom. The normalized spacial score (nSPS) is 11.6. The van der Waals surface area contributed by atoms with E-state index in [1.54, 1.807) is 31.2 Å². The number of anilines is 1. The van der Waals surface area contributed by atoms with Gasteiger partial charge in [-0.2, -0.15) is 0 Å². The largest absolute Gasteiger partial charge is 0.324 e. The summed E-state index contributed by atoms with van der Waals surface area (Å²) in [5, 5.41) is 3.77. The molecule has 3 rings (SSSR count). The van der Waals surface area contributed by atoms with Crippen molar-refractivity contribution in [2.45, 2.75) is 27.7 Å². The molecule has 0 aliphatic heterocycles. The van der Waals surface area contributed by atoms with Gasteiger partial charge in [-0.3, -0.25) is 14.2 Å². The second kappa shape index (κ2) is 6.57. The summed E-state index contributed by atoms with van der Waals surface area (Å²) in [6, 6.07) is 12.3. The summed E-state index contributed by atoms with van der Waals surface area (Å²) < 4.78 is 1.52. The van der Waals surface area contributed by atoms with Crippen LogP contribution >= 0.6 is 11.6 Å². The molecule has 0 spiro atoms. The van der Waals surface area contributed by atoms with E-state index >= 15 is 0 Å². The highest BCUT2D eigenvalue weighted by Crippen LogP contribution is 2.27. The maximum absolute atomic E-state index is 12.9. The summed E-state index contributed by atoms with van der Waals surface area (Å²) in [6.07, 6.45) is 0. The van der Waals surface area contributed by atoms with Crippen LogP contribution in [0.3, 0.4) is 0 Å². The van der Waals surface area contributed by atoms with Crippen LogP contribution in [0, 0.1) is 12.3 Å². The van der Waals surface area contributed by atoms with Gasteiger partial charge >= 0.3 is 0 Å². The van der Waals surface area contributed by atoms with Gasteiger partial charge in [-0.1, -0.05) is 44.5 Å². The van der Waals surface area contributed by atoms with Crippen molar-refractivity contribution < 1.29 is 4.79 Å². The highest BCUT2D eigenvalue weighted by molar-refractivity contribution is 6.33. The first-order chi connectivity index (χ1) is 12.2. The Labute approximate surface area is 156 Å². The van der Waals surface area contributed by atoms with Gasteiger partial charge in [0.1, 0.15) is 5.82 Å². The molecule has 0 aliphatic rings. The lowest BCUT2D eigenvalue weighted by Crippen LogP contribution is -2.28. The van der Waals surface area contributed by atoms with Gasteiger partial charge < -0.3 is 5.32 Å². The Morgan fingerprint density at radius 1 is 1.15 bits per heavy atom. The number of nitrogens with zero attached hydrogens (tertiary/aromatic N) is 2. The number of hydrogen-bond acceptors (Lipinski definition) is 3. The number of halogens is 1. The van der Waals surface area contributed by atoms with E-state index < -0.39 is 5.41 Å². The van der Waals surface area contributed by atoms with Crippen LogP contribution in [0.1, 0.15) is 26.6 Å². The number of fused-ring (bicyclic) bond motifs is 1. The molecule has 2 aromatic carbocycles. The van der Waals surface area contributed by atoms with E-state index in [-0.39, 0.29) is 11.5 Å². The number of aryl methyl sites for hydroxylation is 1. The van der Waals surface area contributed by atoms with Gasteiger partial charge in [-0.15, -0.1) is 0 Å². The fourth-order valence-electron chi connectivity index (χ4n) is 2.61. The van der Waals surface area contributed by atoms with E-state index in [0.29, 0.717) is 33.1 Å². The topological polar surface area (TPSA) is 64.0 Å². The van der Waals surface area contributed by atoms with E-state index in [0.717, 1.165) is 0 Å². The number of benzene rings is 2. The predicted octanol–water partition coefficient (Wildman–Crippen LogP) is 4.33. The van der Waals surface area contributed by atoms with Gasteiger partial charge in [0.15, 0.2) is 0 Å². The molecule has 1 heterocycles. The maximum atomic E-state index is 12.9. The van der Waals surface area contributed by atoms with Crippen molar-refractivity contribution in [3.63, 3.8) is 0 Å². The molecule has 1 aromatic heterocycles. The minimum atomic E-state index is -0.559. The molecule has 134 valence electrons. The number of amides is 1. The van der Waals surface area contributed by atoms with E-state index in [9.17, 15) is 9.59 Å². The standard InChI is InChI=1S/C20H20ClN3O2/c1-12-22-16-8-6-5-7-14(16)18(25)24(12)13-9-10-15(21)17(11-13)23-19(26)20(2,3)4/h5-11H,1-4H3,(H,23,26). The van der Waals surface area contributed by atoms with Gasteiger partial charge in [-0.25, -0.2) is 4.98 Å². The lowest BCUT2D eigenvalue weighted by molar-refractivity contribution is -0.123. The monoisotopic (exact) mass is 369 g/mol. The van der Waals surface area contributed by atoms with Gasteiger partial charge in [0.2, 0.25) is 5.91 Å². The van der Waals surface area contributed by atoms with Crippen LogP contribution < -0.4 is 10.9 Å². The smallest absolute Gasteiger partial charge is 0.265 e. The molecule has 0 bridgehead atoms. The van der Waals surface area contributed by atoms with Crippen molar-refractivity contribution in [2.24, 2.45) is 5.41 Å². The van der Waals surface area contributed by atoms with E-state index in [4.69, 9.17) is 11.6 Å². The van der Waals surface area contributed by atoms with E-state index in [1.807, 2.05) is 39.0 Å². The lowest BCUT2D eigenvalue weighted by Gasteiger charge is -2.19. The lowest BCUT2D eigenvalue weighted by atomic mass is 9.95. The highest BCUT2D eigenvalue weighted by atomic mass is 35.5. The van der Waals surface area contributed by atoms with Crippen molar-refractivity contribution >= 4 is 34.1 Å². The molecule has 26 heavy (non-hydrogen) atoms. The van der Waals surface area contributed by atoms with Crippen molar-refractivity contribution in [1.29, 1.82) is 0 Å². The number of para-hydroxylation sites is 1. The maximum Gasteiger partial charge on any atom is 0.265 e. The fourth-order valence-corrected chi connectivity index (χ4v) is 2.77. The minimum Gasteiger partial charge on any atom is -0.324 e. The van der Waals surface area contributed by atoms with Gasteiger partial charge in [0.05, 0.1) is 27.3 Å². The molecular weight excluding hydrogens is 350 g/mol. The quantitative estimate of drug-likeness (QED) is 0.731. The van der Waals surface area contributed by atoms with Gasteiger partial charge in [-0.05, 0) is 37.3 Å². The summed E-state index contributed by atoms with van der Waals surface area (Å²) in [4.78, 5) is 29.7. The molecule has 1 N–H and O–H groups in total. The summed E-state index contributed by atoms with van der Waals surface area (Å²) >= 11 is 6.23. The van der Waals surface area contributed by atoms with Crippen molar-refractivity contribution in [2.75, 3.05) is 5.32 Å². The second-order valence-electron chi connectivity index (χ2n) is 7.19. The van der Waals surface area contributed by atoms with E-state index in [2.05, 4.69) is 10.3 Å². The zero-order valence-corrected chi connectivity index (χ0v) is 15.9. The molecule has 0 unspecified atom stereocenters. The van der Waals surface area contributed by atoms with Crippen molar-refractivity contribution in [3.05, 3.63) is 63.7 Å². The Balaban J connectivity index is 2.14. The Hall–Kier alpha value is -2.66. The average Bonchev–Trinajstić information content (AvgIpc) is 2.56. The predicted molar refractivity (Wildman–Crippen MR) is 105 cm³/mol. The summed E-state index contributed by atoms with van der Waals surface area (Å²) in [5.74, 6) is 0.404. The number of rotatable bonds is 2. The molecule has 0 saturated carbocycles. The van der Waals surface area contributed by atoms with Crippen LogP contribution in [0.15, 0.2) is 47.3 Å². The van der Waals surface area contributed by atoms with Crippen LogP contribution in [-0.4, -0.2) is 15.5 Å². The first-order valence-corrected chi connectivity index (χ1v) is 8.66. The number of hydrogen-bond donors (Lipinski definition) is 1. The van der Waals surface area contributed by atoms with E-state index in [1.165, 1.54) is 4.57 Å². The summed E-state index contributed by atoms with van der Waals surface area (Å²) in [5.41, 5.74) is 0.990. The molecule has 0 saturated heterocycles. The molecule has 0 fully saturated rings. The Bertz CT molecular complexity index is 1060. The first kappa shape index (κ1) is 18.1. The molecule has 5 nitrogen and oxygen atoms in total. The van der Waals surface area contributed by atoms with Gasteiger partial charge in [0, 0.05) is 5.41 Å². The fraction of sp³-hybridized carbons (Fsp3) is 0.250. The summed E-state index contributed by atoms with van der Waals surface area (Å²) in [7, 11) is 0. The van der Waals surface area contributed by atoms with Gasteiger partial charge in [0.25, 0.3) is 5.56 Å². The van der Waals surface area contributed by atoms with Crippen LogP contribution in [0.4, 0.5) is 5.69 Å². The SMILES string of the molecule is Cc1nc2ccccc2c(=O)n1-c1ccc(Cl)c(NC(=O)C(C)(C)C)c1. The van der Waals surface area contributed by atoms with Crippen molar-refractivity contribution in [3.8, 4) is 5.69 Å². The molecule has 0 aliphatic carbocycles. The Kier molecular flexibility index (Phi) is 4.59. The van der Waals surface area contributed by atoms with Crippen LogP contribution in [0.5, 0.6) is 0 Å². The molecule has 0 radical (unpaired) electrons. The number of carbonyl (C=O) groups is 1. The number of nitrogens with one attached hydrogen (secondary N) is 1. The average molecular weight is 370 g/mol. The Morgan fingerprint density at radius 3 is 2.54 bits per heavy atom. The zero-order chi connectivity index (χ0) is 19.1. The van der Waals surface area contributed by atoms with Crippen LogP contribution in [0.2, 0.25) is 5.02 Å². The van der Waals surface area contributed by atoms with Crippen LogP contribution in [-0.2, 0) is 4.79 Å². The number of aromatic nitrogens is 2. The summed E-state index contributed by atoms with van der Waals surface area (Å²) in [6.45, 7) is 7.24.